The van der Waals surface area contributed by atoms with E-state index in [1.165, 1.54) is 0 Å². The van der Waals surface area contributed by atoms with Gasteiger partial charge < -0.3 is 5.32 Å². The Bertz CT molecular complexity index is 543. The minimum atomic E-state index is -4.03. The van der Waals surface area contributed by atoms with Gasteiger partial charge in [0.05, 0.1) is 4.90 Å². The van der Waals surface area contributed by atoms with E-state index in [0.717, 1.165) is 31.0 Å². The summed E-state index contributed by atoms with van der Waals surface area (Å²) < 4.78 is 35.4. The maximum atomic E-state index is 13.2. The molecule has 0 saturated heterocycles. The number of hydrogen-bond donors (Lipinski definition) is 2. The Labute approximate surface area is 105 Å². The topological polar surface area (TPSA) is 89.3 Å². The van der Waals surface area contributed by atoms with Crippen molar-refractivity contribution in [1.82, 2.24) is 5.32 Å². The molecule has 0 aromatic heterocycles. The van der Waals surface area contributed by atoms with Crippen LogP contribution in [0.15, 0.2) is 23.1 Å². The Hall–Kier alpha value is -1.47. The summed E-state index contributed by atoms with van der Waals surface area (Å²) in [7, 11) is -4.03. The molecule has 1 aromatic carbocycles. The van der Waals surface area contributed by atoms with Gasteiger partial charge in [0.1, 0.15) is 5.82 Å². The van der Waals surface area contributed by atoms with Gasteiger partial charge in [-0.2, -0.15) is 0 Å². The molecule has 100 valence electrons. The summed E-state index contributed by atoms with van der Waals surface area (Å²) in [5, 5.41) is 7.45. The zero-order chi connectivity index (χ0) is 13.8. The highest BCUT2D eigenvalue weighted by Crippen LogP contribution is 2.13. The number of hydrogen-bond acceptors (Lipinski definition) is 3. The van der Waals surface area contributed by atoms with Gasteiger partial charge in [0.25, 0.3) is 5.91 Å². The highest BCUT2D eigenvalue weighted by Gasteiger charge is 2.14. The summed E-state index contributed by atoms with van der Waals surface area (Å²) in [5.41, 5.74) is -0.0601. The van der Waals surface area contributed by atoms with Gasteiger partial charge in [0, 0.05) is 12.1 Å². The van der Waals surface area contributed by atoms with E-state index in [1.807, 2.05) is 6.92 Å². The first-order valence-electron chi connectivity index (χ1n) is 5.46. The molecule has 1 amide bonds. The molecule has 0 unspecified atom stereocenters. The molecule has 0 aliphatic carbocycles. The number of halogens is 1. The number of unbranched alkanes of at least 4 members (excludes halogenated alkanes) is 1. The second-order valence-electron chi connectivity index (χ2n) is 3.83. The summed E-state index contributed by atoms with van der Waals surface area (Å²) in [6, 6.07) is 2.80. The van der Waals surface area contributed by atoms with E-state index in [0.29, 0.717) is 6.54 Å². The van der Waals surface area contributed by atoms with Crippen molar-refractivity contribution in [2.45, 2.75) is 24.7 Å². The van der Waals surface area contributed by atoms with Crippen molar-refractivity contribution in [3.63, 3.8) is 0 Å². The normalized spacial score (nSPS) is 11.3. The minimum absolute atomic E-state index is 0.0601. The fraction of sp³-hybridized carbons (Fsp3) is 0.364. The van der Waals surface area contributed by atoms with E-state index in [1.54, 1.807) is 0 Å². The fourth-order valence-electron chi connectivity index (χ4n) is 1.34. The second-order valence-corrected chi connectivity index (χ2v) is 5.39. The summed E-state index contributed by atoms with van der Waals surface area (Å²) in [6.45, 7) is 2.42. The van der Waals surface area contributed by atoms with Crippen molar-refractivity contribution in [3.8, 4) is 0 Å². The van der Waals surface area contributed by atoms with Crippen LogP contribution >= 0.6 is 0 Å². The number of amides is 1. The zero-order valence-corrected chi connectivity index (χ0v) is 10.8. The van der Waals surface area contributed by atoms with Gasteiger partial charge in [-0.05, 0) is 24.6 Å². The van der Waals surface area contributed by atoms with E-state index >= 15 is 0 Å². The number of sulfonamides is 1. The monoisotopic (exact) mass is 274 g/mol. The van der Waals surface area contributed by atoms with E-state index in [9.17, 15) is 17.6 Å². The van der Waals surface area contributed by atoms with Crippen LogP contribution in [0.1, 0.15) is 30.1 Å². The van der Waals surface area contributed by atoms with Crippen LogP contribution in [0.2, 0.25) is 0 Å². The second kappa shape index (κ2) is 5.92. The number of carbonyl (C=O) groups excluding carboxylic acids is 1. The van der Waals surface area contributed by atoms with E-state index in [-0.39, 0.29) is 5.56 Å². The summed E-state index contributed by atoms with van der Waals surface area (Å²) in [5.74, 6) is -1.34. The maximum absolute atomic E-state index is 13.2. The molecule has 1 rings (SSSR count). The van der Waals surface area contributed by atoms with Crippen LogP contribution in [0.4, 0.5) is 4.39 Å². The van der Waals surface area contributed by atoms with Gasteiger partial charge in [-0.25, -0.2) is 17.9 Å². The van der Waals surface area contributed by atoms with Gasteiger partial charge in [-0.3, -0.25) is 4.79 Å². The van der Waals surface area contributed by atoms with Crippen molar-refractivity contribution in [3.05, 3.63) is 29.6 Å². The van der Waals surface area contributed by atoms with Crippen LogP contribution in [0, 0.1) is 5.82 Å². The average molecular weight is 274 g/mol. The number of benzene rings is 1. The molecular formula is C11H15FN2O3S. The SMILES string of the molecule is CCCCNC(=O)c1cc(F)cc(S(N)(=O)=O)c1. The molecule has 18 heavy (non-hydrogen) atoms. The Kier molecular flexibility index (Phi) is 4.80. The van der Waals surface area contributed by atoms with Crippen molar-refractivity contribution >= 4 is 15.9 Å². The number of carbonyl (C=O) groups is 1. The third-order valence-corrected chi connectivity index (χ3v) is 3.17. The van der Waals surface area contributed by atoms with E-state index in [4.69, 9.17) is 5.14 Å². The first-order chi connectivity index (χ1) is 8.34. The molecule has 0 spiro atoms. The first-order valence-corrected chi connectivity index (χ1v) is 7.01. The van der Waals surface area contributed by atoms with Crippen LogP contribution in [0.5, 0.6) is 0 Å². The molecule has 0 atom stereocenters. The predicted molar refractivity (Wildman–Crippen MR) is 65.0 cm³/mol. The quantitative estimate of drug-likeness (QED) is 0.785. The van der Waals surface area contributed by atoms with Gasteiger partial charge >= 0.3 is 0 Å². The molecule has 3 N–H and O–H groups in total. The van der Waals surface area contributed by atoms with Crippen LogP contribution in [0.3, 0.4) is 0 Å². The number of primary sulfonamides is 1. The summed E-state index contributed by atoms with van der Waals surface area (Å²) in [6.07, 6.45) is 1.70. The lowest BCUT2D eigenvalue weighted by molar-refractivity contribution is 0.0952. The smallest absolute Gasteiger partial charge is 0.251 e. The van der Waals surface area contributed by atoms with Crippen LogP contribution < -0.4 is 10.5 Å². The number of rotatable bonds is 5. The molecule has 0 fully saturated rings. The van der Waals surface area contributed by atoms with Gasteiger partial charge in [0.2, 0.25) is 10.0 Å². The highest BCUT2D eigenvalue weighted by molar-refractivity contribution is 7.89. The molecule has 5 nitrogen and oxygen atoms in total. The van der Waals surface area contributed by atoms with Crippen LogP contribution in [-0.4, -0.2) is 20.9 Å². The Morgan fingerprint density at radius 2 is 2.06 bits per heavy atom. The lowest BCUT2D eigenvalue weighted by Crippen LogP contribution is -2.25. The van der Waals surface area contributed by atoms with Gasteiger partial charge in [-0.15, -0.1) is 0 Å². The largest absolute Gasteiger partial charge is 0.352 e. The van der Waals surface area contributed by atoms with E-state index in [2.05, 4.69) is 5.32 Å². The Morgan fingerprint density at radius 3 is 2.61 bits per heavy atom. The number of nitrogens with two attached hydrogens (primary N) is 1. The minimum Gasteiger partial charge on any atom is -0.352 e. The standard InChI is InChI=1S/C11H15FN2O3S/c1-2-3-4-14-11(15)8-5-9(12)7-10(6-8)18(13,16)17/h5-7H,2-4H2,1H3,(H,14,15)(H2,13,16,17). The first kappa shape index (κ1) is 14.6. The molecule has 0 aliphatic rings. The zero-order valence-electron chi connectivity index (χ0n) is 9.94. The third kappa shape index (κ3) is 4.08. The third-order valence-electron chi connectivity index (χ3n) is 2.28. The van der Waals surface area contributed by atoms with Crippen molar-refractivity contribution < 1.29 is 17.6 Å². The number of nitrogens with one attached hydrogen (secondary N) is 1. The van der Waals surface area contributed by atoms with Crippen molar-refractivity contribution in [2.24, 2.45) is 5.14 Å². The molecule has 0 saturated carbocycles. The molecule has 1 aromatic rings. The molecule has 0 bridgehead atoms. The van der Waals surface area contributed by atoms with Crippen LogP contribution in [0.25, 0.3) is 0 Å². The lowest BCUT2D eigenvalue weighted by Gasteiger charge is -2.06. The average Bonchev–Trinajstić information content (AvgIpc) is 2.27. The highest BCUT2D eigenvalue weighted by atomic mass is 32.2. The Morgan fingerprint density at radius 1 is 1.39 bits per heavy atom. The van der Waals surface area contributed by atoms with Gasteiger partial charge in [-0.1, -0.05) is 13.3 Å². The fourth-order valence-corrected chi connectivity index (χ4v) is 1.91. The lowest BCUT2D eigenvalue weighted by atomic mass is 10.2. The molecule has 0 heterocycles. The molecule has 7 heteroatoms. The van der Waals surface area contributed by atoms with Gasteiger partial charge in [0.15, 0.2) is 0 Å². The molecule has 0 aliphatic heterocycles. The molecule has 0 radical (unpaired) electrons. The van der Waals surface area contributed by atoms with E-state index < -0.39 is 26.6 Å². The van der Waals surface area contributed by atoms with Crippen molar-refractivity contribution in [2.75, 3.05) is 6.54 Å². The molecular weight excluding hydrogens is 259 g/mol. The maximum Gasteiger partial charge on any atom is 0.251 e. The Balaban J connectivity index is 2.96. The summed E-state index contributed by atoms with van der Waals surface area (Å²) >= 11 is 0. The predicted octanol–water partition coefficient (Wildman–Crippen LogP) is 1.00. The van der Waals surface area contributed by atoms with Crippen molar-refractivity contribution in [1.29, 1.82) is 0 Å². The summed E-state index contributed by atoms with van der Waals surface area (Å²) in [4.78, 5) is 11.2. The van der Waals surface area contributed by atoms with Crippen LogP contribution in [-0.2, 0) is 10.0 Å².